The van der Waals surface area contributed by atoms with E-state index in [0.717, 1.165) is 63.6 Å². The topological polar surface area (TPSA) is 63.9 Å². The molecule has 6 rings (SSSR count). The Balaban J connectivity index is 1.18. The van der Waals surface area contributed by atoms with Gasteiger partial charge in [-0.2, -0.15) is 0 Å². The van der Waals surface area contributed by atoms with Gasteiger partial charge in [0.25, 0.3) is 0 Å². The molecular formula is C23H21N5OS3. The number of amides is 1. The van der Waals surface area contributed by atoms with E-state index in [4.69, 9.17) is 0 Å². The third-order valence-electron chi connectivity index (χ3n) is 5.83. The number of fused-ring (bicyclic) bond motifs is 1. The zero-order valence-corrected chi connectivity index (χ0v) is 20.0. The number of rotatable bonds is 6. The lowest BCUT2D eigenvalue weighted by molar-refractivity contribution is -0.116. The molecule has 1 amide bonds. The molecule has 1 saturated carbocycles. The fourth-order valence-electron chi connectivity index (χ4n) is 4.13. The van der Waals surface area contributed by atoms with Gasteiger partial charge >= 0.3 is 0 Å². The van der Waals surface area contributed by atoms with Gasteiger partial charge < -0.3 is 4.90 Å². The van der Waals surface area contributed by atoms with Crippen molar-refractivity contribution in [2.24, 2.45) is 0 Å². The molecule has 0 radical (unpaired) electrons. The number of anilines is 1. The first-order valence-corrected chi connectivity index (χ1v) is 13.4. The van der Waals surface area contributed by atoms with E-state index in [0.29, 0.717) is 11.8 Å². The molecule has 0 N–H and O–H groups in total. The van der Waals surface area contributed by atoms with Crippen LogP contribution in [0.4, 0.5) is 5.69 Å². The fraction of sp³-hybridized carbons (Fsp3) is 0.304. The van der Waals surface area contributed by atoms with Crippen molar-refractivity contribution in [3.05, 3.63) is 51.7 Å². The molecule has 0 unspecified atom stereocenters. The van der Waals surface area contributed by atoms with Crippen LogP contribution in [0, 0.1) is 6.92 Å². The van der Waals surface area contributed by atoms with Gasteiger partial charge in [0.1, 0.15) is 0 Å². The summed E-state index contributed by atoms with van der Waals surface area (Å²) in [6.07, 6.45) is 3.18. The first-order chi connectivity index (χ1) is 15.7. The minimum atomic E-state index is 0.119. The van der Waals surface area contributed by atoms with Gasteiger partial charge in [0.2, 0.25) is 5.91 Å². The summed E-state index contributed by atoms with van der Waals surface area (Å²) in [5.74, 6) is 1.41. The number of aromatic nitrogens is 4. The van der Waals surface area contributed by atoms with Crippen molar-refractivity contribution in [3.63, 3.8) is 0 Å². The summed E-state index contributed by atoms with van der Waals surface area (Å²) in [7, 11) is 0. The predicted octanol–water partition coefficient (Wildman–Crippen LogP) is 5.45. The van der Waals surface area contributed by atoms with Crippen LogP contribution in [0.1, 0.15) is 29.5 Å². The Morgan fingerprint density at radius 1 is 1.22 bits per heavy atom. The van der Waals surface area contributed by atoms with E-state index in [9.17, 15) is 4.79 Å². The molecule has 3 aromatic heterocycles. The highest BCUT2D eigenvalue weighted by molar-refractivity contribution is 7.99. The first-order valence-electron chi connectivity index (χ1n) is 10.6. The number of thiophene rings is 1. The highest BCUT2D eigenvalue weighted by atomic mass is 32.2. The van der Waals surface area contributed by atoms with E-state index in [1.807, 2.05) is 17.9 Å². The number of benzene rings is 1. The van der Waals surface area contributed by atoms with Crippen LogP contribution in [-0.2, 0) is 11.2 Å². The van der Waals surface area contributed by atoms with Gasteiger partial charge in [0.15, 0.2) is 11.0 Å². The molecule has 0 bridgehead atoms. The van der Waals surface area contributed by atoms with Gasteiger partial charge in [-0.05, 0) is 55.3 Å². The van der Waals surface area contributed by atoms with Crippen LogP contribution in [0.25, 0.3) is 22.0 Å². The van der Waals surface area contributed by atoms with Crippen molar-refractivity contribution < 1.29 is 4.79 Å². The molecule has 162 valence electrons. The van der Waals surface area contributed by atoms with Crippen molar-refractivity contribution in [3.8, 4) is 22.0 Å². The lowest BCUT2D eigenvalue weighted by atomic mass is 10.1. The van der Waals surface area contributed by atoms with Crippen LogP contribution < -0.4 is 4.90 Å². The largest absolute Gasteiger partial charge is 0.311 e. The maximum atomic E-state index is 13.1. The van der Waals surface area contributed by atoms with E-state index in [1.165, 1.54) is 17.3 Å². The third-order valence-corrected chi connectivity index (χ3v) is 8.40. The van der Waals surface area contributed by atoms with Crippen molar-refractivity contribution in [2.45, 2.75) is 37.4 Å². The first kappa shape index (κ1) is 20.1. The van der Waals surface area contributed by atoms with Crippen LogP contribution in [0.2, 0.25) is 0 Å². The SMILES string of the molecule is Cc1nc(-c2ccc3c(c2)CCN3C(=O)CSc2nnc(-c3cccs3)n2C2CC2)cs1. The normalized spacial score (nSPS) is 15.3. The third kappa shape index (κ3) is 3.68. The number of thiazole rings is 1. The van der Waals surface area contributed by atoms with Gasteiger partial charge in [-0.15, -0.1) is 32.9 Å². The monoisotopic (exact) mass is 479 g/mol. The summed E-state index contributed by atoms with van der Waals surface area (Å²) in [5.41, 5.74) is 4.37. The Hall–Kier alpha value is -2.49. The molecule has 1 fully saturated rings. The average molecular weight is 480 g/mol. The second-order valence-corrected chi connectivity index (χ2v) is 11.0. The molecule has 4 heterocycles. The maximum Gasteiger partial charge on any atom is 0.237 e. The van der Waals surface area contributed by atoms with Crippen LogP contribution in [0.5, 0.6) is 0 Å². The van der Waals surface area contributed by atoms with Crippen molar-refractivity contribution in [1.82, 2.24) is 19.7 Å². The van der Waals surface area contributed by atoms with E-state index >= 15 is 0 Å². The molecule has 0 saturated heterocycles. The Kier molecular flexibility index (Phi) is 5.12. The second kappa shape index (κ2) is 8.13. The quantitative estimate of drug-likeness (QED) is 0.344. The molecular weight excluding hydrogens is 458 g/mol. The fourth-order valence-corrected chi connectivity index (χ4v) is 6.34. The van der Waals surface area contributed by atoms with Crippen molar-refractivity contribution in [2.75, 3.05) is 17.2 Å². The number of thioether (sulfide) groups is 1. The summed E-state index contributed by atoms with van der Waals surface area (Å²) >= 11 is 4.83. The van der Waals surface area contributed by atoms with E-state index < -0.39 is 0 Å². The van der Waals surface area contributed by atoms with Gasteiger partial charge in [0, 0.05) is 29.2 Å². The van der Waals surface area contributed by atoms with Crippen LogP contribution in [0.15, 0.2) is 46.2 Å². The summed E-state index contributed by atoms with van der Waals surface area (Å²) in [4.78, 5) is 20.7. The number of hydrogen-bond acceptors (Lipinski definition) is 7. The summed E-state index contributed by atoms with van der Waals surface area (Å²) in [5, 5.41) is 14.9. The molecule has 32 heavy (non-hydrogen) atoms. The minimum absolute atomic E-state index is 0.119. The molecule has 1 aliphatic heterocycles. The minimum Gasteiger partial charge on any atom is -0.311 e. The lowest BCUT2D eigenvalue weighted by Gasteiger charge is -2.17. The highest BCUT2D eigenvalue weighted by Crippen LogP contribution is 2.42. The molecule has 2 aliphatic rings. The Labute approximate surface area is 198 Å². The number of carbonyl (C=O) groups is 1. The summed E-state index contributed by atoms with van der Waals surface area (Å²) in [6, 6.07) is 10.9. The lowest BCUT2D eigenvalue weighted by Crippen LogP contribution is -2.30. The van der Waals surface area contributed by atoms with E-state index in [2.05, 4.69) is 54.8 Å². The smallest absolute Gasteiger partial charge is 0.237 e. The molecule has 1 aliphatic carbocycles. The summed E-state index contributed by atoms with van der Waals surface area (Å²) < 4.78 is 2.23. The van der Waals surface area contributed by atoms with Crippen LogP contribution in [0.3, 0.4) is 0 Å². The van der Waals surface area contributed by atoms with Gasteiger partial charge in [-0.25, -0.2) is 4.98 Å². The molecule has 6 nitrogen and oxygen atoms in total. The molecule has 4 aromatic rings. The number of nitrogens with zero attached hydrogens (tertiary/aromatic N) is 5. The van der Waals surface area contributed by atoms with E-state index in [-0.39, 0.29) is 5.91 Å². The standard InChI is InChI=1S/C23H21N5OS3/c1-14-24-18(12-31-14)15-4-7-19-16(11-15)8-9-27(19)21(29)13-32-23-26-25-22(20-3-2-10-30-20)28(23)17-5-6-17/h2-4,7,10-12,17H,5-6,8-9,13H2,1H3. The highest BCUT2D eigenvalue weighted by Gasteiger charge is 2.31. The molecule has 1 aromatic carbocycles. The van der Waals surface area contributed by atoms with Crippen molar-refractivity contribution in [1.29, 1.82) is 0 Å². The maximum absolute atomic E-state index is 13.1. The zero-order chi connectivity index (χ0) is 21.7. The zero-order valence-electron chi connectivity index (χ0n) is 17.5. The molecule has 9 heteroatoms. The van der Waals surface area contributed by atoms with Crippen LogP contribution >= 0.6 is 34.4 Å². The number of hydrogen-bond donors (Lipinski definition) is 0. The van der Waals surface area contributed by atoms with E-state index in [1.54, 1.807) is 22.7 Å². The molecule has 0 atom stereocenters. The number of aryl methyl sites for hydroxylation is 1. The Morgan fingerprint density at radius 2 is 2.12 bits per heavy atom. The van der Waals surface area contributed by atoms with Gasteiger partial charge in [-0.1, -0.05) is 23.9 Å². The second-order valence-electron chi connectivity index (χ2n) is 8.06. The Bertz CT molecular complexity index is 1290. The predicted molar refractivity (Wildman–Crippen MR) is 131 cm³/mol. The van der Waals surface area contributed by atoms with Crippen molar-refractivity contribution >= 4 is 46.0 Å². The van der Waals surface area contributed by atoms with Crippen LogP contribution in [-0.4, -0.2) is 38.0 Å². The molecule has 0 spiro atoms. The summed E-state index contributed by atoms with van der Waals surface area (Å²) in [6.45, 7) is 2.75. The van der Waals surface area contributed by atoms with Gasteiger partial charge in [0.05, 0.1) is 21.3 Å². The van der Waals surface area contributed by atoms with Gasteiger partial charge in [-0.3, -0.25) is 9.36 Å². The Morgan fingerprint density at radius 3 is 2.88 bits per heavy atom. The average Bonchev–Trinajstić information content (AvgIpc) is 3.24. The number of carbonyl (C=O) groups excluding carboxylic acids is 1.